The number of nitrogens with one attached hydrogen (secondary N) is 1. The Morgan fingerprint density at radius 2 is 2.12 bits per heavy atom. The minimum Gasteiger partial charge on any atom is -0.370 e. The number of ether oxygens (including phenoxy) is 1. The maximum absolute atomic E-state index is 12.8. The minimum atomic E-state index is -0.866. The highest BCUT2D eigenvalue weighted by Gasteiger charge is 2.01. The van der Waals surface area contributed by atoms with Gasteiger partial charge in [-0.15, -0.1) is 0 Å². The molecule has 17 heavy (non-hydrogen) atoms. The highest BCUT2D eigenvalue weighted by atomic mass is 19.2. The van der Waals surface area contributed by atoms with E-state index in [1.54, 1.807) is 0 Å². The lowest BCUT2D eigenvalue weighted by molar-refractivity contribution is -0.122. The van der Waals surface area contributed by atoms with Gasteiger partial charge in [0.25, 0.3) is 0 Å². The maximum Gasteiger partial charge on any atom is 0.243 e. The molecule has 0 spiro atoms. The highest BCUT2D eigenvalue weighted by Crippen LogP contribution is 2.07. The highest BCUT2D eigenvalue weighted by molar-refractivity contribution is 5.74. The molecule has 3 N–H and O–H groups in total. The molecule has 6 heteroatoms. The SMILES string of the molecule is NC(=O)COCCNCc1ccc(F)c(F)c1. The quantitative estimate of drug-likeness (QED) is 0.689. The van der Waals surface area contributed by atoms with Gasteiger partial charge in [-0.1, -0.05) is 6.07 Å². The van der Waals surface area contributed by atoms with Gasteiger partial charge in [0.2, 0.25) is 5.91 Å². The Balaban J connectivity index is 2.18. The molecule has 1 rings (SSSR count). The van der Waals surface area contributed by atoms with Crippen LogP contribution in [0, 0.1) is 11.6 Å². The van der Waals surface area contributed by atoms with Crippen LogP contribution in [0.4, 0.5) is 8.78 Å². The Kier molecular flexibility index (Phi) is 5.51. The Hall–Kier alpha value is -1.53. The lowest BCUT2D eigenvalue weighted by Crippen LogP contribution is -2.23. The van der Waals surface area contributed by atoms with Crippen LogP contribution in [-0.4, -0.2) is 25.7 Å². The summed E-state index contributed by atoms with van der Waals surface area (Å²) in [6.45, 7) is 1.10. The smallest absolute Gasteiger partial charge is 0.243 e. The predicted molar refractivity (Wildman–Crippen MR) is 58.1 cm³/mol. The van der Waals surface area contributed by atoms with E-state index < -0.39 is 17.5 Å². The van der Waals surface area contributed by atoms with Crippen molar-refractivity contribution in [3.63, 3.8) is 0 Å². The van der Waals surface area contributed by atoms with Crippen molar-refractivity contribution in [3.8, 4) is 0 Å². The Morgan fingerprint density at radius 1 is 1.35 bits per heavy atom. The van der Waals surface area contributed by atoms with Gasteiger partial charge in [-0.2, -0.15) is 0 Å². The second-order valence-corrected chi connectivity index (χ2v) is 3.44. The fourth-order valence-corrected chi connectivity index (χ4v) is 1.20. The lowest BCUT2D eigenvalue weighted by Gasteiger charge is -2.05. The third-order valence-corrected chi connectivity index (χ3v) is 1.98. The first kappa shape index (κ1) is 13.5. The summed E-state index contributed by atoms with van der Waals surface area (Å²) in [5, 5.41) is 2.96. The fraction of sp³-hybridized carbons (Fsp3) is 0.364. The summed E-state index contributed by atoms with van der Waals surface area (Å²) in [6, 6.07) is 3.71. The van der Waals surface area contributed by atoms with Crippen LogP contribution < -0.4 is 11.1 Å². The molecule has 0 bridgehead atoms. The average molecular weight is 244 g/mol. The van der Waals surface area contributed by atoms with Gasteiger partial charge in [-0.3, -0.25) is 4.79 Å². The molecule has 1 amide bonds. The number of halogens is 2. The van der Waals surface area contributed by atoms with Gasteiger partial charge in [-0.25, -0.2) is 8.78 Å². The molecule has 4 nitrogen and oxygen atoms in total. The predicted octanol–water partition coefficient (Wildman–Crippen LogP) is 0.556. The molecular formula is C11H14F2N2O2. The monoisotopic (exact) mass is 244 g/mol. The van der Waals surface area contributed by atoms with Crippen molar-refractivity contribution in [3.05, 3.63) is 35.4 Å². The fourth-order valence-electron chi connectivity index (χ4n) is 1.20. The summed E-state index contributed by atoms with van der Waals surface area (Å²) in [7, 11) is 0. The molecule has 0 aliphatic heterocycles. The topological polar surface area (TPSA) is 64.4 Å². The van der Waals surface area contributed by atoms with E-state index in [4.69, 9.17) is 10.5 Å². The van der Waals surface area contributed by atoms with Crippen LogP contribution in [0.5, 0.6) is 0 Å². The van der Waals surface area contributed by atoms with Crippen LogP contribution in [0.3, 0.4) is 0 Å². The summed E-state index contributed by atoms with van der Waals surface area (Å²) in [5.74, 6) is -2.25. The average Bonchev–Trinajstić information content (AvgIpc) is 2.27. The van der Waals surface area contributed by atoms with Crippen LogP contribution >= 0.6 is 0 Å². The molecule has 1 aromatic carbocycles. The van der Waals surface area contributed by atoms with E-state index >= 15 is 0 Å². The van der Waals surface area contributed by atoms with E-state index in [1.807, 2.05) is 0 Å². The molecular weight excluding hydrogens is 230 g/mol. The molecule has 0 heterocycles. The largest absolute Gasteiger partial charge is 0.370 e. The van der Waals surface area contributed by atoms with Crippen molar-refractivity contribution in [2.24, 2.45) is 5.73 Å². The Bertz CT molecular complexity index is 386. The van der Waals surface area contributed by atoms with Crippen molar-refractivity contribution in [1.82, 2.24) is 5.32 Å². The number of hydrogen-bond acceptors (Lipinski definition) is 3. The number of nitrogens with two attached hydrogens (primary N) is 1. The molecule has 0 aliphatic carbocycles. The zero-order chi connectivity index (χ0) is 12.7. The van der Waals surface area contributed by atoms with Crippen LogP contribution in [0.15, 0.2) is 18.2 Å². The molecule has 0 radical (unpaired) electrons. The van der Waals surface area contributed by atoms with Gasteiger partial charge in [-0.05, 0) is 17.7 Å². The first-order chi connectivity index (χ1) is 8.09. The standard InChI is InChI=1S/C11H14F2N2O2/c12-9-2-1-8(5-10(9)13)6-15-3-4-17-7-11(14)16/h1-2,5,15H,3-4,6-7H2,(H2,14,16). The first-order valence-electron chi connectivity index (χ1n) is 5.10. The molecule has 0 saturated carbocycles. The molecule has 0 fully saturated rings. The molecule has 0 aromatic heterocycles. The number of carbonyl (C=O) groups is 1. The lowest BCUT2D eigenvalue weighted by atomic mass is 10.2. The maximum atomic E-state index is 12.8. The van der Waals surface area contributed by atoms with Gasteiger partial charge in [0.05, 0.1) is 6.61 Å². The Morgan fingerprint density at radius 3 is 2.76 bits per heavy atom. The van der Waals surface area contributed by atoms with Gasteiger partial charge in [0.1, 0.15) is 6.61 Å². The number of hydrogen-bond donors (Lipinski definition) is 2. The second kappa shape index (κ2) is 6.93. The Labute approximate surface area is 97.8 Å². The zero-order valence-electron chi connectivity index (χ0n) is 9.21. The summed E-state index contributed by atoms with van der Waals surface area (Å²) >= 11 is 0. The van der Waals surface area contributed by atoms with Gasteiger partial charge in [0, 0.05) is 13.1 Å². The summed E-state index contributed by atoms with van der Waals surface area (Å²) < 4.78 is 30.3. The van der Waals surface area contributed by atoms with E-state index in [1.165, 1.54) is 6.07 Å². The minimum absolute atomic E-state index is 0.118. The van der Waals surface area contributed by atoms with E-state index in [-0.39, 0.29) is 6.61 Å². The first-order valence-corrected chi connectivity index (χ1v) is 5.10. The van der Waals surface area contributed by atoms with E-state index in [2.05, 4.69) is 5.32 Å². The van der Waals surface area contributed by atoms with Gasteiger partial charge in [0.15, 0.2) is 11.6 Å². The normalized spacial score (nSPS) is 10.5. The number of benzene rings is 1. The zero-order valence-corrected chi connectivity index (χ0v) is 9.21. The van der Waals surface area contributed by atoms with E-state index in [0.717, 1.165) is 12.1 Å². The second-order valence-electron chi connectivity index (χ2n) is 3.44. The number of carbonyl (C=O) groups excluding carboxylic acids is 1. The van der Waals surface area contributed by atoms with Crippen molar-refractivity contribution < 1.29 is 18.3 Å². The number of primary amides is 1. The van der Waals surface area contributed by atoms with Crippen LogP contribution in [0.2, 0.25) is 0 Å². The van der Waals surface area contributed by atoms with Crippen molar-refractivity contribution in [2.75, 3.05) is 19.8 Å². The van der Waals surface area contributed by atoms with Gasteiger partial charge < -0.3 is 15.8 Å². The number of rotatable bonds is 7. The van der Waals surface area contributed by atoms with Gasteiger partial charge >= 0.3 is 0 Å². The van der Waals surface area contributed by atoms with Crippen molar-refractivity contribution >= 4 is 5.91 Å². The number of amides is 1. The van der Waals surface area contributed by atoms with Crippen molar-refractivity contribution in [2.45, 2.75) is 6.54 Å². The van der Waals surface area contributed by atoms with E-state index in [0.29, 0.717) is 25.3 Å². The molecule has 0 unspecified atom stereocenters. The van der Waals surface area contributed by atoms with Crippen LogP contribution in [0.1, 0.15) is 5.56 Å². The van der Waals surface area contributed by atoms with Crippen LogP contribution in [-0.2, 0) is 16.1 Å². The molecule has 0 aliphatic rings. The summed E-state index contributed by atoms with van der Waals surface area (Å²) in [4.78, 5) is 10.3. The molecule has 94 valence electrons. The third kappa shape index (κ3) is 5.37. The van der Waals surface area contributed by atoms with E-state index in [9.17, 15) is 13.6 Å². The molecule has 0 saturated heterocycles. The molecule has 1 aromatic rings. The summed E-state index contributed by atoms with van der Waals surface area (Å²) in [5.41, 5.74) is 5.51. The van der Waals surface area contributed by atoms with Crippen molar-refractivity contribution in [1.29, 1.82) is 0 Å². The molecule has 0 atom stereocenters. The van der Waals surface area contributed by atoms with Crippen LogP contribution in [0.25, 0.3) is 0 Å². The third-order valence-electron chi connectivity index (χ3n) is 1.98. The summed E-state index contributed by atoms with van der Waals surface area (Å²) in [6.07, 6.45) is 0.